The smallest absolute Gasteiger partial charge is 0.195 e. The molecule has 0 atom stereocenters. The molecule has 0 bridgehead atoms. The average Bonchev–Trinajstić information content (AvgIpc) is 3.26. The molecule has 2 aromatic heterocycles. The van der Waals surface area contributed by atoms with Crippen molar-refractivity contribution in [3.63, 3.8) is 0 Å². The van der Waals surface area contributed by atoms with Gasteiger partial charge in [0.2, 0.25) is 0 Å². The van der Waals surface area contributed by atoms with Gasteiger partial charge in [-0.3, -0.25) is 4.40 Å². The number of rotatable bonds is 3. The number of nitrogens with zero attached hydrogens (tertiary/aromatic N) is 2. The fourth-order valence-corrected chi connectivity index (χ4v) is 4.27. The predicted molar refractivity (Wildman–Crippen MR) is 108 cm³/mol. The number of hydrogen-bond donors (Lipinski definition) is 0. The van der Waals surface area contributed by atoms with E-state index >= 15 is 0 Å². The predicted octanol–water partition coefficient (Wildman–Crippen LogP) is 6.03. The zero-order valence-corrected chi connectivity index (χ0v) is 15.3. The Balaban J connectivity index is 1.57. The molecule has 0 aliphatic carbocycles. The maximum atomic E-state index is 13.1. The standard InChI is InChI=1S/C22H15FN2OS/c1-26-18-9-4-14(5-10-18)16-6-11-20-21(12-16)27-22-24-19(13-25(20)22)15-2-7-17(23)8-3-15/h2-13H,1H3. The topological polar surface area (TPSA) is 26.5 Å². The van der Waals surface area contributed by atoms with E-state index in [1.165, 1.54) is 16.8 Å². The van der Waals surface area contributed by atoms with Gasteiger partial charge in [0.1, 0.15) is 11.6 Å². The first-order valence-electron chi connectivity index (χ1n) is 8.53. The Morgan fingerprint density at radius 3 is 2.33 bits per heavy atom. The molecule has 0 radical (unpaired) electrons. The van der Waals surface area contributed by atoms with E-state index in [4.69, 9.17) is 9.72 Å². The van der Waals surface area contributed by atoms with E-state index < -0.39 is 0 Å². The van der Waals surface area contributed by atoms with Crippen molar-refractivity contribution in [2.24, 2.45) is 0 Å². The maximum Gasteiger partial charge on any atom is 0.195 e. The molecule has 5 aromatic rings. The fourth-order valence-electron chi connectivity index (χ4n) is 3.22. The summed E-state index contributed by atoms with van der Waals surface area (Å²) in [4.78, 5) is 5.64. The number of methoxy groups -OCH3 is 1. The highest BCUT2D eigenvalue weighted by molar-refractivity contribution is 7.23. The second kappa shape index (κ2) is 6.21. The molecule has 0 saturated carbocycles. The van der Waals surface area contributed by atoms with Crippen molar-refractivity contribution < 1.29 is 9.13 Å². The number of halogens is 1. The van der Waals surface area contributed by atoms with E-state index in [9.17, 15) is 4.39 Å². The van der Waals surface area contributed by atoms with E-state index in [-0.39, 0.29) is 5.82 Å². The molecular formula is C22H15FN2OS. The monoisotopic (exact) mass is 374 g/mol. The van der Waals surface area contributed by atoms with Gasteiger partial charge in [0.25, 0.3) is 0 Å². The van der Waals surface area contributed by atoms with Crippen molar-refractivity contribution in [3.05, 3.63) is 78.7 Å². The van der Waals surface area contributed by atoms with Gasteiger partial charge in [0, 0.05) is 11.8 Å². The molecule has 0 N–H and O–H groups in total. The van der Waals surface area contributed by atoms with Crippen LogP contribution in [0, 0.1) is 5.82 Å². The van der Waals surface area contributed by atoms with Crippen LogP contribution in [0.5, 0.6) is 5.75 Å². The SMILES string of the molecule is COc1ccc(-c2ccc3c(c2)sc2nc(-c4ccc(F)cc4)cn23)cc1. The summed E-state index contributed by atoms with van der Waals surface area (Å²) in [6, 6.07) is 20.9. The average molecular weight is 374 g/mol. The second-order valence-electron chi connectivity index (χ2n) is 6.30. The molecule has 5 heteroatoms. The van der Waals surface area contributed by atoms with Gasteiger partial charge in [-0.1, -0.05) is 29.5 Å². The van der Waals surface area contributed by atoms with E-state index in [2.05, 4.69) is 34.7 Å². The van der Waals surface area contributed by atoms with E-state index in [1.54, 1.807) is 30.6 Å². The quantitative estimate of drug-likeness (QED) is 0.385. The van der Waals surface area contributed by atoms with Crippen LogP contribution in [0.15, 0.2) is 72.9 Å². The van der Waals surface area contributed by atoms with Gasteiger partial charge in [-0.05, 0) is 59.7 Å². The summed E-state index contributed by atoms with van der Waals surface area (Å²) in [7, 11) is 1.67. The van der Waals surface area contributed by atoms with E-state index in [0.717, 1.165) is 38.6 Å². The highest BCUT2D eigenvalue weighted by Gasteiger charge is 2.11. The van der Waals surface area contributed by atoms with Crippen molar-refractivity contribution >= 4 is 26.5 Å². The number of hydrogen-bond acceptors (Lipinski definition) is 3. The molecule has 2 heterocycles. The van der Waals surface area contributed by atoms with Crippen LogP contribution >= 0.6 is 11.3 Å². The summed E-state index contributed by atoms with van der Waals surface area (Å²) in [6.07, 6.45) is 2.01. The summed E-state index contributed by atoms with van der Waals surface area (Å²) in [5.74, 6) is 0.610. The minimum atomic E-state index is -0.240. The van der Waals surface area contributed by atoms with Crippen LogP contribution in [0.25, 0.3) is 37.6 Å². The lowest BCUT2D eigenvalue weighted by Gasteiger charge is -2.04. The molecule has 3 aromatic carbocycles. The number of imidazole rings is 1. The molecule has 0 saturated heterocycles. The van der Waals surface area contributed by atoms with Crippen LogP contribution in [0.4, 0.5) is 4.39 Å². The molecule has 0 amide bonds. The highest BCUT2D eigenvalue weighted by atomic mass is 32.1. The number of benzene rings is 3. The van der Waals surface area contributed by atoms with Gasteiger partial charge in [-0.15, -0.1) is 0 Å². The molecule has 0 aliphatic heterocycles. The summed E-state index contributed by atoms with van der Waals surface area (Å²) in [6.45, 7) is 0. The summed E-state index contributed by atoms with van der Waals surface area (Å²) >= 11 is 1.65. The Labute approximate surface area is 159 Å². The van der Waals surface area contributed by atoms with Gasteiger partial charge in [0.15, 0.2) is 4.96 Å². The van der Waals surface area contributed by atoms with Crippen molar-refractivity contribution in [3.8, 4) is 28.1 Å². The Morgan fingerprint density at radius 2 is 1.59 bits per heavy atom. The summed E-state index contributed by atoms with van der Waals surface area (Å²) in [5, 5.41) is 0. The lowest BCUT2D eigenvalue weighted by molar-refractivity contribution is 0.415. The molecule has 0 aliphatic rings. The first-order chi connectivity index (χ1) is 13.2. The lowest BCUT2D eigenvalue weighted by Crippen LogP contribution is -1.83. The third-order valence-corrected chi connectivity index (χ3v) is 5.67. The Hall–Kier alpha value is -3.18. The highest BCUT2D eigenvalue weighted by Crippen LogP contribution is 2.33. The lowest BCUT2D eigenvalue weighted by atomic mass is 10.1. The van der Waals surface area contributed by atoms with Gasteiger partial charge in [-0.2, -0.15) is 0 Å². The fraction of sp³-hybridized carbons (Fsp3) is 0.0455. The summed E-state index contributed by atoms with van der Waals surface area (Å²) in [5.41, 5.74) is 5.19. The van der Waals surface area contributed by atoms with Crippen LogP contribution in [-0.4, -0.2) is 16.5 Å². The Kier molecular flexibility index (Phi) is 3.69. The van der Waals surface area contributed by atoms with Crippen LogP contribution in [0.3, 0.4) is 0 Å². The number of ether oxygens (including phenoxy) is 1. The largest absolute Gasteiger partial charge is 0.497 e. The van der Waals surface area contributed by atoms with Gasteiger partial charge in [-0.25, -0.2) is 9.37 Å². The van der Waals surface area contributed by atoms with Gasteiger partial charge >= 0.3 is 0 Å². The normalized spacial score (nSPS) is 11.3. The van der Waals surface area contributed by atoms with Crippen LogP contribution in [0.1, 0.15) is 0 Å². The van der Waals surface area contributed by atoms with Crippen molar-refractivity contribution in [2.45, 2.75) is 0 Å². The van der Waals surface area contributed by atoms with E-state index in [1.807, 2.05) is 18.3 Å². The zero-order chi connectivity index (χ0) is 18.4. The molecule has 0 unspecified atom stereocenters. The molecular weight excluding hydrogens is 359 g/mol. The second-order valence-corrected chi connectivity index (χ2v) is 7.31. The summed E-state index contributed by atoms with van der Waals surface area (Å²) < 4.78 is 21.6. The van der Waals surface area contributed by atoms with Crippen LogP contribution in [-0.2, 0) is 0 Å². The minimum Gasteiger partial charge on any atom is -0.497 e. The molecule has 0 spiro atoms. The number of fused-ring (bicyclic) bond motifs is 3. The minimum absolute atomic E-state index is 0.240. The van der Waals surface area contributed by atoms with Crippen molar-refractivity contribution in [2.75, 3.05) is 7.11 Å². The van der Waals surface area contributed by atoms with E-state index in [0.29, 0.717) is 0 Å². The first-order valence-corrected chi connectivity index (χ1v) is 9.35. The molecule has 27 heavy (non-hydrogen) atoms. The van der Waals surface area contributed by atoms with Gasteiger partial charge in [0.05, 0.1) is 23.0 Å². The molecule has 3 nitrogen and oxygen atoms in total. The van der Waals surface area contributed by atoms with Crippen LogP contribution in [0.2, 0.25) is 0 Å². The van der Waals surface area contributed by atoms with Crippen LogP contribution < -0.4 is 4.74 Å². The Morgan fingerprint density at radius 1 is 0.889 bits per heavy atom. The number of aromatic nitrogens is 2. The molecule has 132 valence electrons. The van der Waals surface area contributed by atoms with Gasteiger partial charge < -0.3 is 4.74 Å². The molecule has 0 fully saturated rings. The zero-order valence-electron chi connectivity index (χ0n) is 14.5. The molecule has 5 rings (SSSR count). The first kappa shape index (κ1) is 16.0. The third-order valence-electron chi connectivity index (χ3n) is 4.66. The third kappa shape index (κ3) is 2.76. The maximum absolute atomic E-state index is 13.1. The van der Waals surface area contributed by atoms with Crippen molar-refractivity contribution in [1.29, 1.82) is 0 Å². The van der Waals surface area contributed by atoms with Crippen molar-refractivity contribution in [1.82, 2.24) is 9.38 Å². The Bertz CT molecular complexity index is 1250. The number of thiazole rings is 1.